The van der Waals surface area contributed by atoms with Gasteiger partial charge in [-0.3, -0.25) is 19.3 Å². The Labute approximate surface area is 115 Å². The molecule has 0 unspecified atom stereocenters. The molecule has 0 saturated heterocycles. The summed E-state index contributed by atoms with van der Waals surface area (Å²) in [6.07, 6.45) is 4.16. The molecule has 0 aromatic carbocycles. The molecular weight excluding hydrogens is 258 g/mol. The van der Waals surface area contributed by atoms with Gasteiger partial charge in [0.05, 0.1) is 0 Å². The van der Waals surface area contributed by atoms with E-state index in [1.54, 1.807) is 19.3 Å². The van der Waals surface area contributed by atoms with Crippen LogP contribution in [0.25, 0.3) is 0 Å². The van der Waals surface area contributed by atoms with Gasteiger partial charge in [0.1, 0.15) is 11.5 Å². The van der Waals surface area contributed by atoms with E-state index in [0.717, 1.165) is 12.0 Å². The van der Waals surface area contributed by atoms with Gasteiger partial charge in [-0.15, -0.1) is 0 Å². The molecule has 0 fully saturated rings. The van der Waals surface area contributed by atoms with Gasteiger partial charge in [-0.1, -0.05) is 0 Å². The molecule has 0 radical (unpaired) electrons. The number of aromatic amines is 1. The Hall–Kier alpha value is -2.57. The van der Waals surface area contributed by atoms with Crippen LogP contribution in [0, 0.1) is 0 Å². The third-order valence-electron chi connectivity index (χ3n) is 3.02. The van der Waals surface area contributed by atoms with E-state index in [0.29, 0.717) is 13.1 Å². The van der Waals surface area contributed by atoms with Crippen molar-refractivity contribution in [3.05, 3.63) is 50.9 Å². The SMILES string of the molecule is CCn1c(N)c(NCCc2ccncc2)c(=O)[nH]c1=O. The van der Waals surface area contributed by atoms with Crippen LogP contribution in [-0.2, 0) is 13.0 Å². The van der Waals surface area contributed by atoms with E-state index >= 15 is 0 Å². The van der Waals surface area contributed by atoms with E-state index in [1.165, 1.54) is 4.57 Å². The van der Waals surface area contributed by atoms with Crippen molar-refractivity contribution in [2.45, 2.75) is 19.9 Å². The van der Waals surface area contributed by atoms with Gasteiger partial charge in [0.15, 0.2) is 0 Å². The highest BCUT2D eigenvalue weighted by Crippen LogP contribution is 2.09. The number of nitrogens with two attached hydrogens (primary N) is 1. The van der Waals surface area contributed by atoms with E-state index < -0.39 is 11.2 Å². The monoisotopic (exact) mass is 275 g/mol. The molecule has 0 amide bonds. The summed E-state index contributed by atoms with van der Waals surface area (Å²) in [5.74, 6) is 0.163. The van der Waals surface area contributed by atoms with Gasteiger partial charge in [-0.25, -0.2) is 4.79 Å². The summed E-state index contributed by atoms with van der Waals surface area (Å²) in [6, 6.07) is 3.81. The fourth-order valence-corrected chi connectivity index (χ4v) is 1.95. The van der Waals surface area contributed by atoms with Crippen molar-refractivity contribution in [1.29, 1.82) is 0 Å². The molecule has 0 spiro atoms. The van der Waals surface area contributed by atoms with Crippen LogP contribution in [0.1, 0.15) is 12.5 Å². The lowest BCUT2D eigenvalue weighted by molar-refractivity contribution is 0.706. The predicted octanol–water partition coefficient (Wildman–Crippen LogP) is 0.188. The molecule has 0 aliphatic rings. The minimum Gasteiger partial charge on any atom is -0.383 e. The quantitative estimate of drug-likeness (QED) is 0.722. The number of nitrogens with one attached hydrogen (secondary N) is 2. The van der Waals surface area contributed by atoms with Crippen molar-refractivity contribution >= 4 is 11.5 Å². The summed E-state index contributed by atoms with van der Waals surface area (Å²) in [6.45, 7) is 2.73. The number of hydrogen-bond donors (Lipinski definition) is 3. The number of H-pyrrole nitrogens is 1. The average Bonchev–Trinajstić information content (AvgIpc) is 2.44. The van der Waals surface area contributed by atoms with Gasteiger partial charge >= 0.3 is 5.69 Å². The van der Waals surface area contributed by atoms with Gasteiger partial charge in [0, 0.05) is 25.5 Å². The molecular formula is C13H17N5O2. The fraction of sp³-hybridized carbons (Fsp3) is 0.308. The van der Waals surface area contributed by atoms with Gasteiger partial charge in [-0.05, 0) is 31.0 Å². The summed E-state index contributed by atoms with van der Waals surface area (Å²) in [4.78, 5) is 29.5. The van der Waals surface area contributed by atoms with Gasteiger partial charge in [0.25, 0.3) is 5.56 Å². The standard InChI is InChI=1S/C13H17N5O2/c1-2-18-11(14)10(12(19)17-13(18)20)16-8-5-9-3-6-15-7-4-9/h3-4,6-7,16H,2,5,8,14H2,1H3,(H,17,19,20). The van der Waals surface area contributed by atoms with Crippen LogP contribution in [0.15, 0.2) is 34.1 Å². The molecule has 106 valence electrons. The Balaban J connectivity index is 2.14. The maximum absolute atomic E-state index is 11.7. The van der Waals surface area contributed by atoms with E-state index in [1.807, 2.05) is 12.1 Å². The summed E-state index contributed by atoms with van der Waals surface area (Å²) in [5.41, 5.74) is 6.20. The summed E-state index contributed by atoms with van der Waals surface area (Å²) in [7, 11) is 0. The van der Waals surface area contributed by atoms with Crippen molar-refractivity contribution in [3.8, 4) is 0 Å². The van der Waals surface area contributed by atoms with Crippen LogP contribution in [0.5, 0.6) is 0 Å². The predicted molar refractivity (Wildman–Crippen MR) is 77.8 cm³/mol. The number of aromatic nitrogens is 3. The second kappa shape index (κ2) is 6.05. The molecule has 20 heavy (non-hydrogen) atoms. The molecule has 2 rings (SSSR count). The summed E-state index contributed by atoms with van der Waals surface area (Å²) in [5, 5.41) is 2.98. The number of hydrogen-bond acceptors (Lipinski definition) is 5. The highest BCUT2D eigenvalue weighted by Gasteiger charge is 2.10. The lowest BCUT2D eigenvalue weighted by Gasteiger charge is -2.12. The average molecular weight is 275 g/mol. The first-order chi connectivity index (χ1) is 9.63. The first kappa shape index (κ1) is 13.9. The Morgan fingerprint density at radius 3 is 2.70 bits per heavy atom. The number of rotatable bonds is 5. The molecule has 7 nitrogen and oxygen atoms in total. The van der Waals surface area contributed by atoms with Gasteiger partial charge < -0.3 is 11.1 Å². The smallest absolute Gasteiger partial charge is 0.330 e. The number of anilines is 2. The van der Waals surface area contributed by atoms with Gasteiger partial charge in [-0.2, -0.15) is 0 Å². The molecule has 2 aromatic rings. The van der Waals surface area contributed by atoms with Crippen LogP contribution in [0.2, 0.25) is 0 Å². The highest BCUT2D eigenvalue weighted by atomic mass is 16.2. The van der Waals surface area contributed by atoms with Crippen molar-refractivity contribution in [2.75, 3.05) is 17.6 Å². The van der Waals surface area contributed by atoms with Crippen molar-refractivity contribution in [2.24, 2.45) is 0 Å². The van der Waals surface area contributed by atoms with Crippen LogP contribution in [0.4, 0.5) is 11.5 Å². The molecule has 2 aromatic heterocycles. The van der Waals surface area contributed by atoms with Crippen molar-refractivity contribution in [3.63, 3.8) is 0 Å². The number of nitrogens with zero attached hydrogens (tertiary/aromatic N) is 2. The minimum atomic E-state index is -0.494. The Bertz CT molecular complexity index is 690. The van der Waals surface area contributed by atoms with Crippen LogP contribution >= 0.6 is 0 Å². The van der Waals surface area contributed by atoms with Gasteiger partial charge in [0.2, 0.25) is 0 Å². The molecule has 7 heteroatoms. The summed E-state index contributed by atoms with van der Waals surface area (Å²) >= 11 is 0. The van der Waals surface area contributed by atoms with Crippen LogP contribution in [0.3, 0.4) is 0 Å². The molecule has 0 aliphatic carbocycles. The number of nitrogen functional groups attached to an aromatic ring is 1. The van der Waals surface area contributed by atoms with Crippen LogP contribution < -0.4 is 22.3 Å². The molecule has 0 aliphatic heterocycles. The fourth-order valence-electron chi connectivity index (χ4n) is 1.95. The van der Waals surface area contributed by atoms with E-state index in [2.05, 4.69) is 15.3 Å². The lowest BCUT2D eigenvalue weighted by atomic mass is 10.2. The first-order valence-corrected chi connectivity index (χ1v) is 6.38. The molecule has 0 bridgehead atoms. The van der Waals surface area contributed by atoms with E-state index in [9.17, 15) is 9.59 Å². The molecule has 0 atom stereocenters. The maximum atomic E-state index is 11.7. The molecule has 0 saturated carbocycles. The summed E-state index contributed by atoms with van der Waals surface area (Å²) < 4.78 is 1.32. The highest BCUT2D eigenvalue weighted by molar-refractivity contribution is 5.60. The van der Waals surface area contributed by atoms with Crippen molar-refractivity contribution in [1.82, 2.24) is 14.5 Å². The third-order valence-corrected chi connectivity index (χ3v) is 3.02. The lowest BCUT2D eigenvalue weighted by Crippen LogP contribution is -2.34. The van der Waals surface area contributed by atoms with Crippen molar-refractivity contribution < 1.29 is 0 Å². The van der Waals surface area contributed by atoms with E-state index in [-0.39, 0.29) is 11.5 Å². The molecule has 4 N–H and O–H groups in total. The Kier molecular flexibility index (Phi) is 4.19. The largest absolute Gasteiger partial charge is 0.383 e. The first-order valence-electron chi connectivity index (χ1n) is 6.38. The Morgan fingerprint density at radius 1 is 1.35 bits per heavy atom. The second-order valence-electron chi connectivity index (χ2n) is 4.30. The second-order valence-corrected chi connectivity index (χ2v) is 4.30. The zero-order chi connectivity index (χ0) is 14.5. The topological polar surface area (TPSA) is 106 Å². The molecule has 2 heterocycles. The maximum Gasteiger partial charge on any atom is 0.330 e. The van der Waals surface area contributed by atoms with E-state index in [4.69, 9.17) is 5.73 Å². The Morgan fingerprint density at radius 2 is 2.05 bits per heavy atom. The third kappa shape index (κ3) is 2.87. The number of pyridine rings is 1. The normalized spacial score (nSPS) is 10.4. The zero-order valence-electron chi connectivity index (χ0n) is 11.2. The minimum absolute atomic E-state index is 0.163. The van der Waals surface area contributed by atoms with Crippen LogP contribution in [-0.4, -0.2) is 21.1 Å². The zero-order valence-corrected chi connectivity index (χ0v) is 11.2.